The molecule has 4 nitrogen and oxygen atoms in total. The number of anilines is 1. The Hall–Kier alpha value is -1.85. The molecule has 2 amide bonds. The normalized spacial score (nSPS) is 16.2. The van der Waals surface area contributed by atoms with Crippen LogP contribution < -0.4 is 10.6 Å². The zero-order valence-corrected chi connectivity index (χ0v) is 14.2. The molecule has 0 unspecified atom stereocenters. The Morgan fingerprint density at radius 2 is 2.09 bits per heavy atom. The van der Waals surface area contributed by atoms with Gasteiger partial charge in [0.15, 0.2) is 0 Å². The van der Waals surface area contributed by atoms with Crippen molar-refractivity contribution in [3.63, 3.8) is 0 Å². The summed E-state index contributed by atoms with van der Waals surface area (Å²) in [5.41, 5.74) is 1.99. The summed E-state index contributed by atoms with van der Waals surface area (Å²) in [5, 5.41) is 8.13. The summed E-state index contributed by atoms with van der Waals surface area (Å²) in [4.78, 5) is 16.0. The number of thiophene rings is 1. The molecule has 3 rings (SSSR count). The summed E-state index contributed by atoms with van der Waals surface area (Å²) in [6, 6.07) is 12.3. The van der Waals surface area contributed by atoms with Crippen LogP contribution in [-0.2, 0) is 6.54 Å². The van der Waals surface area contributed by atoms with Crippen LogP contribution in [0.5, 0.6) is 0 Å². The third-order valence-corrected chi connectivity index (χ3v) is 5.02. The van der Waals surface area contributed by atoms with E-state index in [-0.39, 0.29) is 12.1 Å². The predicted octanol–water partition coefficient (Wildman–Crippen LogP) is 3.84. The number of carbonyl (C=O) groups excluding carboxylic acids is 1. The molecule has 0 atom stereocenters. The van der Waals surface area contributed by atoms with Gasteiger partial charge in [-0.15, -0.1) is 11.3 Å². The number of hydrogen-bond acceptors (Lipinski definition) is 3. The molecule has 23 heavy (non-hydrogen) atoms. The van der Waals surface area contributed by atoms with Crippen molar-refractivity contribution in [2.75, 3.05) is 18.4 Å². The summed E-state index contributed by atoms with van der Waals surface area (Å²) in [5.74, 6) is 0. The minimum Gasteiger partial charge on any atom is -0.335 e. The molecule has 1 saturated heterocycles. The quantitative estimate of drug-likeness (QED) is 0.895. The van der Waals surface area contributed by atoms with Crippen molar-refractivity contribution in [2.45, 2.75) is 32.4 Å². The molecule has 2 heterocycles. The van der Waals surface area contributed by atoms with Crippen molar-refractivity contribution in [2.24, 2.45) is 0 Å². The van der Waals surface area contributed by atoms with Gasteiger partial charge >= 0.3 is 6.03 Å². The third kappa shape index (κ3) is 4.81. The average molecular weight is 329 g/mol. The van der Waals surface area contributed by atoms with Crippen molar-refractivity contribution in [3.05, 3.63) is 52.2 Å². The minimum atomic E-state index is -0.104. The van der Waals surface area contributed by atoms with Crippen LogP contribution in [0.25, 0.3) is 0 Å². The van der Waals surface area contributed by atoms with E-state index in [0.717, 1.165) is 43.7 Å². The van der Waals surface area contributed by atoms with E-state index in [9.17, 15) is 4.79 Å². The van der Waals surface area contributed by atoms with Crippen LogP contribution in [0.15, 0.2) is 41.8 Å². The number of aryl methyl sites for hydroxylation is 1. The summed E-state index contributed by atoms with van der Waals surface area (Å²) >= 11 is 1.81. The molecule has 0 saturated carbocycles. The topological polar surface area (TPSA) is 44.4 Å². The number of nitrogens with zero attached hydrogens (tertiary/aromatic N) is 1. The van der Waals surface area contributed by atoms with E-state index >= 15 is 0 Å². The van der Waals surface area contributed by atoms with Crippen molar-refractivity contribution in [1.82, 2.24) is 10.2 Å². The number of rotatable bonds is 4. The Morgan fingerprint density at radius 3 is 2.78 bits per heavy atom. The van der Waals surface area contributed by atoms with Gasteiger partial charge in [-0.3, -0.25) is 4.90 Å². The first-order valence-electron chi connectivity index (χ1n) is 8.08. The van der Waals surface area contributed by atoms with Gasteiger partial charge in [-0.2, -0.15) is 0 Å². The Balaban J connectivity index is 1.42. The van der Waals surface area contributed by atoms with Crippen LogP contribution in [-0.4, -0.2) is 30.1 Å². The third-order valence-electron chi connectivity index (χ3n) is 4.16. The molecule has 1 aliphatic rings. The van der Waals surface area contributed by atoms with Crippen LogP contribution in [0.4, 0.5) is 10.5 Å². The number of piperidine rings is 1. The van der Waals surface area contributed by atoms with E-state index in [2.05, 4.69) is 33.0 Å². The van der Waals surface area contributed by atoms with E-state index in [4.69, 9.17) is 0 Å². The molecule has 0 aliphatic carbocycles. The number of benzene rings is 1. The van der Waals surface area contributed by atoms with E-state index in [1.807, 2.05) is 42.5 Å². The van der Waals surface area contributed by atoms with Gasteiger partial charge in [-0.1, -0.05) is 18.2 Å². The number of hydrogen-bond donors (Lipinski definition) is 2. The lowest BCUT2D eigenvalue weighted by molar-refractivity contribution is 0.191. The molecule has 1 fully saturated rings. The second-order valence-electron chi connectivity index (χ2n) is 6.10. The second-order valence-corrected chi connectivity index (χ2v) is 7.13. The second kappa shape index (κ2) is 7.62. The van der Waals surface area contributed by atoms with Crippen molar-refractivity contribution in [1.29, 1.82) is 0 Å². The lowest BCUT2D eigenvalue weighted by atomic mass is 10.1. The maximum Gasteiger partial charge on any atom is 0.319 e. The van der Waals surface area contributed by atoms with Crippen LogP contribution in [0.3, 0.4) is 0 Å². The molecule has 0 spiro atoms. The zero-order chi connectivity index (χ0) is 16.1. The van der Waals surface area contributed by atoms with E-state index < -0.39 is 0 Å². The SMILES string of the molecule is Cc1cccc(NC(=O)NC2CCN(Cc3cccs3)CC2)c1. The summed E-state index contributed by atoms with van der Waals surface area (Å²) in [6.07, 6.45) is 2.01. The van der Waals surface area contributed by atoms with Gasteiger partial charge in [-0.05, 0) is 48.9 Å². The highest BCUT2D eigenvalue weighted by atomic mass is 32.1. The summed E-state index contributed by atoms with van der Waals surface area (Å²) in [7, 11) is 0. The van der Waals surface area contributed by atoms with Crippen molar-refractivity contribution >= 4 is 23.1 Å². The van der Waals surface area contributed by atoms with E-state index in [1.54, 1.807) is 0 Å². The molecule has 1 aromatic heterocycles. The average Bonchev–Trinajstić information content (AvgIpc) is 3.02. The highest BCUT2D eigenvalue weighted by molar-refractivity contribution is 7.09. The highest BCUT2D eigenvalue weighted by Gasteiger charge is 2.20. The minimum absolute atomic E-state index is 0.104. The van der Waals surface area contributed by atoms with Gasteiger partial charge in [0.2, 0.25) is 0 Å². The first-order chi connectivity index (χ1) is 11.2. The first kappa shape index (κ1) is 16.0. The monoisotopic (exact) mass is 329 g/mol. The van der Waals surface area contributed by atoms with Crippen LogP contribution >= 0.6 is 11.3 Å². The van der Waals surface area contributed by atoms with Gasteiger partial charge < -0.3 is 10.6 Å². The van der Waals surface area contributed by atoms with Crippen LogP contribution in [0.1, 0.15) is 23.3 Å². The molecule has 0 radical (unpaired) electrons. The zero-order valence-electron chi connectivity index (χ0n) is 13.4. The lowest BCUT2D eigenvalue weighted by Gasteiger charge is -2.32. The fraction of sp³-hybridized carbons (Fsp3) is 0.389. The smallest absolute Gasteiger partial charge is 0.319 e. The molecular formula is C18H23N3OS. The maximum absolute atomic E-state index is 12.1. The molecule has 122 valence electrons. The Labute approximate surface area is 141 Å². The number of carbonyl (C=O) groups is 1. The standard InChI is InChI=1S/C18H23N3OS/c1-14-4-2-5-16(12-14)20-18(22)19-15-7-9-21(10-8-15)13-17-6-3-11-23-17/h2-6,11-12,15H,7-10,13H2,1H3,(H2,19,20,22). The number of amides is 2. The van der Waals surface area contributed by atoms with Crippen molar-refractivity contribution < 1.29 is 4.79 Å². The molecule has 0 bridgehead atoms. The van der Waals surface area contributed by atoms with Gasteiger partial charge in [-0.25, -0.2) is 4.79 Å². The Bertz CT molecular complexity index is 633. The fourth-order valence-corrected chi connectivity index (χ4v) is 3.68. The van der Waals surface area contributed by atoms with Crippen molar-refractivity contribution in [3.8, 4) is 0 Å². The highest BCUT2D eigenvalue weighted by Crippen LogP contribution is 2.17. The molecule has 1 aromatic carbocycles. The van der Waals surface area contributed by atoms with Crippen LogP contribution in [0.2, 0.25) is 0 Å². The number of urea groups is 1. The molecule has 5 heteroatoms. The summed E-state index contributed by atoms with van der Waals surface area (Å²) < 4.78 is 0. The largest absolute Gasteiger partial charge is 0.335 e. The molecule has 2 N–H and O–H groups in total. The molecule has 1 aliphatic heterocycles. The molecule has 2 aromatic rings. The first-order valence-corrected chi connectivity index (χ1v) is 8.96. The van der Waals surface area contributed by atoms with Crippen LogP contribution in [0, 0.1) is 6.92 Å². The van der Waals surface area contributed by atoms with Gasteiger partial charge in [0.05, 0.1) is 0 Å². The summed E-state index contributed by atoms with van der Waals surface area (Å²) in [6.45, 7) is 5.12. The predicted molar refractivity (Wildman–Crippen MR) is 96.0 cm³/mol. The molecular weight excluding hydrogens is 306 g/mol. The van der Waals surface area contributed by atoms with Gasteiger partial charge in [0.25, 0.3) is 0 Å². The number of nitrogens with one attached hydrogen (secondary N) is 2. The Kier molecular flexibility index (Phi) is 5.31. The van der Waals surface area contributed by atoms with Gasteiger partial charge in [0, 0.05) is 36.2 Å². The van der Waals surface area contributed by atoms with E-state index in [0.29, 0.717) is 0 Å². The fourth-order valence-electron chi connectivity index (χ4n) is 2.93. The maximum atomic E-state index is 12.1. The number of likely N-dealkylation sites (tertiary alicyclic amines) is 1. The lowest BCUT2D eigenvalue weighted by Crippen LogP contribution is -2.45. The van der Waals surface area contributed by atoms with E-state index in [1.165, 1.54) is 4.88 Å². The van der Waals surface area contributed by atoms with Gasteiger partial charge in [0.1, 0.15) is 0 Å². The Morgan fingerprint density at radius 1 is 1.26 bits per heavy atom.